The molecule has 0 heterocycles. The van der Waals surface area contributed by atoms with Crippen molar-refractivity contribution >= 4 is 12.1 Å². The molecule has 0 aromatic rings. The fraction of sp³-hybridized carbons (Fsp3) is 0.920. The third-order valence-electron chi connectivity index (χ3n) is 6.83. The number of likely N-dealkylation sites (N-methyl/N-ethyl adjacent to an activating group) is 2. The number of ether oxygens (including phenoxy) is 5. The van der Waals surface area contributed by atoms with Crippen LogP contribution in [-0.4, -0.2) is 167 Å². The first kappa shape index (κ1) is 60.4. The molecule has 4 amide bonds. The zero-order chi connectivity index (χ0) is 51.4. The number of hydrogen-bond donors (Lipinski definition) is 2. The summed E-state index contributed by atoms with van der Waals surface area (Å²) in [5.74, 6) is -22.7. The second kappa shape index (κ2) is 20.1. The van der Waals surface area contributed by atoms with E-state index < -0.39 is 148 Å². The first-order chi connectivity index (χ1) is 27.9. The molecular formula is C25H24F28N4O7. The van der Waals surface area contributed by atoms with Gasteiger partial charge in [0.25, 0.3) is 0 Å². The van der Waals surface area contributed by atoms with E-state index in [1.165, 1.54) is 4.74 Å². The SMILES string of the molecule is CN(CC(OC(F)(F)C(F)(OCC(F)(F)F)C(F)(F)F)C(F)(F)F)C(=O)NCCOCCNC(=O)N(C)CC(OC(F)(F)C(F)(OC(F)(F)C(F)(F)C(F)(F)F)C(F)(F)F)C(F)(F)F. The van der Waals surface area contributed by atoms with Crippen LogP contribution in [0.25, 0.3) is 0 Å². The van der Waals surface area contributed by atoms with Gasteiger partial charge < -0.3 is 39.4 Å². The van der Waals surface area contributed by atoms with Gasteiger partial charge in [0.05, 0.1) is 26.3 Å². The van der Waals surface area contributed by atoms with Gasteiger partial charge in [-0.15, -0.1) is 0 Å². The smallest absolute Gasteiger partial charge is 0.378 e. The van der Waals surface area contributed by atoms with Gasteiger partial charge in [0.1, 0.15) is 6.61 Å². The van der Waals surface area contributed by atoms with Gasteiger partial charge in [-0.3, -0.25) is 4.74 Å². The molecule has 39 heteroatoms. The topological polar surface area (TPSA) is 111 Å². The lowest BCUT2D eigenvalue weighted by Crippen LogP contribution is -2.66. The number of alkyl halides is 28. The van der Waals surface area contributed by atoms with Crippen LogP contribution >= 0.6 is 0 Å². The minimum Gasteiger partial charge on any atom is -0.378 e. The number of carbonyl (C=O) groups is 2. The Morgan fingerprint density at radius 2 is 0.812 bits per heavy atom. The number of nitrogens with zero attached hydrogens (tertiary/aromatic N) is 2. The second-order valence-electron chi connectivity index (χ2n) is 11.9. The molecule has 4 atom stereocenters. The van der Waals surface area contributed by atoms with E-state index in [-0.39, 0.29) is 11.9 Å². The summed E-state index contributed by atoms with van der Waals surface area (Å²) in [6.45, 7) is -11.6. The number of carbonyl (C=O) groups excluding carboxylic acids is 2. The highest BCUT2D eigenvalue weighted by Crippen LogP contribution is 2.56. The summed E-state index contributed by atoms with van der Waals surface area (Å²) in [6.07, 6.45) is -72.7. The van der Waals surface area contributed by atoms with E-state index in [0.717, 1.165) is 0 Å². The maximum atomic E-state index is 14.3. The fourth-order valence-corrected chi connectivity index (χ4v) is 3.62. The molecule has 0 aromatic heterocycles. The molecule has 0 aliphatic carbocycles. The normalized spacial score (nSPS) is 17.3. The number of urea groups is 2. The Morgan fingerprint density at radius 1 is 0.484 bits per heavy atom. The maximum Gasteiger partial charge on any atom is 0.462 e. The summed E-state index contributed by atoms with van der Waals surface area (Å²) in [6, 6.07) is -3.66. The largest absolute Gasteiger partial charge is 0.462 e. The fourth-order valence-electron chi connectivity index (χ4n) is 3.62. The first-order valence-corrected chi connectivity index (χ1v) is 15.5. The van der Waals surface area contributed by atoms with Crippen LogP contribution in [0.1, 0.15) is 0 Å². The van der Waals surface area contributed by atoms with Crippen molar-refractivity contribution in [3.05, 3.63) is 0 Å². The van der Waals surface area contributed by atoms with Crippen molar-refractivity contribution in [1.82, 2.24) is 20.4 Å². The van der Waals surface area contributed by atoms with Crippen LogP contribution in [0.5, 0.6) is 0 Å². The molecule has 0 radical (unpaired) electrons. The average molecular weight is 1020 g/mol. The van der Waals surface area contributed by atoms with E-state index >= 15 is 0 Å². The molecule has 0 aliphatic heterocycles. The standard InChI is InChI=1S/C25H24F28N4O7/c1-56(7-10(15(29,30)31)62-24(50,51)18(37,21(42,43)44)61-9-14(26,27)28)12(58)54-3-5-60-6-4-55-13(59)57(2)8-11(16(32,33)34)63-25(52,53)19(38,22(45,46)47)64-23(48,49)17(35,36)20(39,40)41/h10-11H,3-9H2,1-2H3,(H,54,58)(H,55,59). The van der Waals surface area contributed by atoms with Gasteiger partial charge >= 0.3 is 85.1 Å². The predicted octanol–water partition coefficient (Wildman–Crippen LogP) is 8.21. The molecule has 0 bridgehead atoms. The summed E-state index contributed by atoms with van der Waals surface area (Å²) < 4.78 is 384. The Bertz CT molecular complexity index is 1520. The molecule has 0 saturated carbocycles. The van der Waals surface area contributed by atoms with Crippen molar-refractivity contribution in [1.29, 1.82) is 0 Å². The summed E-state index contributed by atoms with van der Waals surface area (Å²) >= 11 is 0. The lowest BCUT2D eigenvalue weighted by Gasteiger charge is -2.39. The number of amides is 4. The van der Waals surface area contributed by atoms with Crippen LogP contribution in [0.4, 0.5) is 133 Å². The van der Waals surface area contributed by atoms with Gasteiger partial charge in [-0.25, -0.2) is 9.59 Å². The van der Waals surface area contributed by atoms with Crippen LogP contribution in [0.3, 0.4) is 0 Å². The Kier molecular flexibility index (Phi) is 18.9. The summed E-state index contributed by atoms with van der Waals surface area (Å²) in [5.41, 5.74) is 0. The zero-order valence-corrected chi connectivity index (χ0v) is 30.4. The molecule has 2 N–H and O–H groups in total. The predicted molar refractivity (Wildman–Crippen MR) is 143 cm³/mol. The number of hydrogen-bond acceptors (Lipinski definition) is 7. The lowest BCUT2D eigenvalue weighted by molar-refractivity contribution is -0.539. The van der Waals surface area contributed by atoms with Gasteiger partial charge in [-0.2, -0.15) is 123 Å². The zero-order valence-electron chi connectivity index (χ0n) is 30.4. The van der Waals surface area contributed by atoms with E-state index in [1.54, 1.807) is 10.6 Å². The third-order valence-corrected chi connectivity index (χ3v) is 6.83. The Balaban J connectivity index is 5.53. The highest BCUT2D eigenvalue weighted by atomic mass is 19.4. The molecule has 0 aromatic carbocycles. The molecule has 0 spiro atoms. The van der Waals surface area contributed by atoms with Crippen molar-refractivity contribution < 1.29 is 156 Å². The molecular weight excluding hydrogens is 1000 g/mol. The van der Waals surface area contributed by atoms with E-state index in [9.17, 15) is 133 Å². The number of rotatable bonds is 21. The van der Waals surface area contributed by atoms with Crippen LogP contribution in [0, 0.1) is 0 Å². The van der Waals surface area contributed by atoms with E-state index in [4.69, 9.17) is 4.74 Å². The first-order valence-electron chi connectivity index (χ1n) is 15.5. The minimum absolute atomic E-state index is 0.172. The maximum absolute atomic E-state index is 14.3. The van der Waals surface area contributed by atoms with E-state index in [1.807, 2.05) is 0 Å². The number of nitrogens with one attached hydrogen (secondary N) is 2. The Hall–Kier alpha value is -3.62. The van der Waals surface area contributed by atoms with Crippen LogP contribution < -0.4 is 10.6 Å². The quantitative estimate of drug-likeness (QED) is 0.0882. The highest BCUT2D eigenvalue weighted by Gasteiger charge is 2.84. The lowest BCUT2D eigenvalue weighted by atomic mass is 10.2. The van der Waals surface area contributed by atoms with Crippen molar-refractivity contribution in [2.75, 3.05) is 60.1 Å². The molecule has 0 aliphatic rings. The van der Waals surface area contributed by atoms with Crippen molar-refractivity contribution in [3.63, 3.8) is 0 Å². The third kappa shape index (κ3) is 15.5. The average Bonchev–Trinajstić information content (AvgIpc) is 3.05. The number of halogens is 28. The van der Waals surface area contributed by atoms with Gasteiger partial charge in [0, 0.05) is 27.2 Å². The van der Waals surface area contributed by atoms with Gasteiger partial charge in [0.2, 0.25) is 0 Å². The highest BCUT2D eigenvalue weighted by molar-refractivity contribution is 5.74. The van der Waals surface area contributed by atoms with Crippen LogP contribution in [0.2, 0.25) is 0 Å². The molecule has 0 fully saturated rings. The van der Waals surface area contributed by atoms with Crippen molar-refractivity contribution in [3.8, 4) is 0 Å². The summed E-state index contributed by atoms with van der Waals surface area (Å²) in [5, 5.41) is 3.22. The molecule has 382 valence electrons. The van der Waals surface area contributed by atoms with Crippen LogP contribution in [-0.2, 0) is 23.7 Å². The monoisotopic (exact) mass is 1020 g/mol. The molecule has 0 saturated heterocycles. The Labute approximate surface area is 335 Å². The van der Waals surface area contributed by atoms with E-state index in [2.05, 4.69) is 14.2 Å². The van der Waals surface area contributed by atoms with Crippen molar-refractivity contribution in [2.45, 2.75) is 85.2 Å². The second-order valence-corrected chi connectivity index (χ2v) is 11.9. The summed E-state index contributed by atoms with van der Waals surface area (Å²) in [4.78, 5) is 23.4. The Morgan fingerprint density at radius 3 is 1.09 bits per heavy atom. The van der Waals surface area contributed by atoms with E-state index in [0.29, 0.717) is 7.05 Å². The molecule has 4 unspecified atom stereocenters. The molecule has 11 nitrogen and oxygen atoms in total. The van der Waals surface area contributed by atoms with Gasteiger partial charge in [0.15, 0.2) is 12.2 Å². The molecule has 0 rings (SSSR count). The van der Waals surface area contributed by atoms with Gasteiger partial charge in [-0.05, 0) is 0 Å². The minimum atomic E-state index is -7.93. The summed E-state index contributed by atoms with van der Waals surface area (Å²) in [7, 11) is 0.478. The van der Waals surface area contributed by atoms with Crippen LogP contribution in [0.15, 0.2) is 0 Å². The van der Waals surface area contributed by atoms with Crippen molar-refractivity contribution in [2.24, 2.45) is 0 Å². The van der Waals surface area contributed by atoms with Gasteiger partial charge in [-0.1, -0.05) is 0 Å². The molecule has 64 heavy (non-hydrogen) atoms.